The largest absolute Gasteiger partial charge is 0.497 e. The zero-order valence-electron chi connectivity index (χ0n) is 10.1. The number of carbonyl (C=O) groups excluding carboxylic acids is 1. The van der Waals surface area contributed by atoms with Gasteiger partial charge in [-0.3, -0.25) is 4.79 Å². The Morgan fingerprint density at radius 1 is 1.16 bits per heavy atom. The van der Waals surface area contributed by atoms with Crippen LogP contribution in [0.15, 0.2) is 36.4 Å². The molecular weight excluding hydrogens is 285 g/mol. The lowest BCUT2D eigenvalue weighted by Gasteiger charge is -2.09. The predicted octanol–water partition coefficient (Wildman–Crippen LogP) is 3.82. The number of carbonyl (C=O) groups is 1. The normalized spacial score (nSPS) is 10.3. The average molecular weight is 296 g/mol. The van der Waals surface area contributed by atoms with Crippen LogP contribution in [0, 0.1) is 0 Å². The number of nitrogen functional groups attached to an aromatic ring is 1. The van der Waals surface area contributed by atoms with Crippen LogP contribution in [0.3, 0.4) is 0 Å². The van der Waals surface area contributed by atoms with Crippen molar-refractivity contribution in [3.8, 4) is 5.75 Å². The van der Waals surface area contributed by atoms with Crippen LogP contribution in [0.25, 0.3) is 0 Å². The molecule has 0 atom stereocenters. The second-order valence-electron chi connectivity index (χ2n) is 3.88. The van der Waals surface area contributed by atoms with Gasteiger partial charge in [-0.1, -0.05) is 29.3 Å². The molecule has 2 aromatic carbocycles. The van der Waals surface area contributed by atoms with E-state index in [1.165, 1.54) is 7.11 Å². The van der Waals surface area contributed by atoms with E-state index in [1.807, 2.05) is 0 Å². The molecule has 2 rings (SSSR count). The minimum absolute atomic E-state index is 0.226. The van der Waals surface area contributed by atoms with Crippen molar-refractivity contribution in [3.05, 3.63) is 57.6 Å². The highest BCUT2D eigenvalue weighted by molar-refractivity contribution is 6.44. The Hall–Kier alpha value is -1.71. The Bertz CT molecular complexity index is 641. The van der Waals surface area contributed by atoms with Crippen molar-refractivity contribution in [1.82, 2.24) is 0 Å². The molecule has 2 N–H and O–H groups in total. The van der Waals surface area contributed by atoms with Gasteiger partial charge in [-0.05, 0) is 24.3 Å². The summed E-state index contributed by atoms with van der Waals surface area (Å²) in [5.74, 6) is 0.318. The lowest BCUT2D eigenvalue weighted by atomic mass is 10.0. The second kappa shape index (κ2) is 5.51. The van der Waals surface area contributed by atoms with E-state index in [9.17, 15) is 4.79 Å². The third-order valence-corrected chi connectivity index (χ3v) is 3.52. The summed E-state index contributed by atoms with van der Waals surface area (Å²) in [6.07, 6.45) is 0. The first-order valence-corrected chi connectivity index (χ1v) is 6.22. The van der Waals surface area contributed by atoms with Crippen LogP contribution in [-0.2, 0) is 0 Å². The van der Waals surface area contributed by atoms with Crippen LogP contribution in [-0.4, -0.2) is 12.9 Å². The van der Waals surface area contributed by atoms with Gasteiger partial charge < -0.3 is 10.5 Å². The van der Waals surface area contributed by atoms with Crippen LogP contribution < -0.4 is 10.5 Å². The molecule has 0 aliphatic rings. The van der Waals surface area contributed by atoms with Gasteiger partial charge in [0.15, 0.2) is 5.78 Å². The number of hydrogen-bond donors (Lipinski definition) is 1. The third-order valence-electron chi connectivity index (χ3n) is 2.70. The molecule has 0 fully saturated rings. The molecule has 19 heavy (non-hydrogen) atoms. The molecule has 0 aromatic heterocycles. The Morgan fingerprint density at radius 3 is 2.53 bits per heavy atom. The van der Waals surface area contributed by atoms with Crippen LogP contribution in [0.4, 0.5) is 5.69 Å². The van der Waals surface area contributed by atoms with E-state index in [2.05, 4.69) is 0 Å². The Labute approximate surface area is 120 Å². The summed E-state index contributed by atoms with van der Waals surface area (Å²) in [6.45, 7) is 0. The topological polar surface area (TPSA) is 52.3 Å². The molecule has 0 amide bonds. The summed E-state index contributed by atoms with van der Waals surface area (Å²) in [4.78, 5) is 12.4. The molecule has 5 heteroatoms. The fraction of sp³-hybridized carbons (Fsp3) is 0.0714. The quantitative estimate of drug-likeness (QED) is 0.692. The van der Waals surface area contributed by atoms with Gasteiger partial charge in [0.25, 0.3) is 0 Å². The van der Waals surface area contributed by atoms with Gasteiger partial charge in [0.2, 0.25) is 0 Å². The molecule has 0 spiro atoms. The van der Waals surface area contributed by atoms with E-state index >= 15 is 0 Å². The van der Waals surface area contributed by atoms with E-state index in [0.717, 1.165) is 0 Å². The Kier molecular flexibility index (Phi) is 3.98. The Morgan fingerprint density at radius 2 is 1.89 bits per heavy atom. The van der Waals surface area contributed by atoms with Gasteiger partial charge in [0, 0.05) is 22.9 Å². The lowest BCUT2D eigenvalue weighted by Crippen LogP contribution is -2.06. The monoisotopic (exact) mass is 295 g/mol. The first-order valence-electron chi connectivity index (χ1n) is 5.47. The van der Waals surface area contributed by atoms with E-state index in [0.29, 0.717) is 27.6 Å². The number of rotatable bonds is 3. The van der Waals surface area contributed by atoms with Crippen molar-refractivity contribution < 1.29 is 9.53 Å². The zero-order chi connectivity index (χ0) is 14.0. The summed E-state index contributed by atoms with van der Waals surface area (Å²) in [6, 6.07) is 9.76. The fourth-order valence-electron chi connectivity index (χ4n) is 1.70. The van der Waals surface area contributed by atoms with Crippen LogP contribution in [0.2, 0.25) is 10.0 Å². The van der Waals surface area contributed by atoms with Crippen LogP contribution in [0.1, 0.15) is 15.9 Å². The number of halogens is 2. The van der Waals surface area contributed by atoms with Crippen LogP contribution >= 0.6 is 23.2 Å². The van der Waals surface area contributed by atoms with Gasteiger partial charge in [0.1, 0.15) is 5.75 Å². The number of ketones is 1. The summed E-state index contributed by atoms with van der Waals surface area (Å²) in [7, 11) is 1.53. The molecule has 0 radical (unpaired) electrons. The van der Waals surface area contributed by atoms with Crippen molar-refractivity contribution in [2.24, 2.45) is 0 Å². The minimum Gasteiger partial charge on any atom is -0.497 e. The van der Waals surface area contributed by atoms with Crippen molar-refractivity contribution >= 4 is 34.7 Å². The molecule has 3 nitrogen and oxygen atoms in total. The van der Waals surface area contributed by atoms with Crippen molar-refractivity contribution in [3.63, 3.8) is 0 Å². The highest BCUT2D eigenvalue weighted by Crippen LogP contribution is 2.29. The van der Waals surface area contributed by atoms with Gasteiger partial charge >= 0.3 is 0 Å². The molecule has 0 aliphatic heterocycles. The molecular formula is C14H11Cl2NO2. The average Bonchev–Trinajstić information content (AvgIpc) is 2.41. The number of methoxy groups -OCH3 is 1. The maximum Gasteiger partial charge on any atom is 0.196 e. The lowest BCUT2D eigenvalue weighted by molar-refractivity contribution is 0.103. The fourth-order valence-corrected chi connectivity index (χ4v) is 2.09. The highest BCUT2D eigenvalue weighted by Gasteiger charge is 2.17. The maximum atomic E-state index is 12.4. The summed E-state index contributed by atoms with van der Waals surface area (Å²) in [5, 5.41) is 0.559. The maximum absolute atomic E-state index is 12.4. The minimum atomic E-state index is -0.271. The highest BCUT2D eigenvalue weighted by atomic mass is 35.5. The molecule has 0 saturated carbocycles. The smallest absolute Gasteiger partial charge is 0.196 e. The SMILES string of the molecule is COc1ccc(C(=O)c2cccc(Cl)c2Cl)c(N)c1. The third kappa shape index (κ3) is 2.67. The molecule has 2 aromatic rings. The number of benzene rings is 2. The molecule has 0 unspecified atom stereocenters. The molecule has 98 valence electrons. The van der Waals surface area contributed by atoms with E-state index in [1.54, 1.807) is 36.4 Å². The van der Waals surface area contributed by atoms with Gasteiger partial charge in [-0.15, -0.1) is 0 Å². The predicted molar refractivity (Wildman–Crippen MR) is 77.3 cm³/mol. The summed E-state index contributed by atoms with van der Waals surface area (Å²) < 4.78 is 5.04. The Balaban J connectivity index is 2.47. The molecule has 0 aliphatic carbocycles. The van der Waals surface area contributed by atoms with Gasteiger partial charge in [0.05, 0.1) is 17.2 Å². The molecule has 0 bridgehead atoms. The van der Waals surface area contributed by atoms with Gasteiger partial charge in [-0.25, -0.2) is 0 Å². The standard InChI is InChI=1S/C14H11Cl2NO2/c1-19-8-5-6-9(12(17)7-8)14(18)10-3-2-4-11(15)13(10)16/h2-7H,17H2,1H3. The summed E-state index contributed by atoms with van der Waals surface area (Å²) >= 11 is 11.9. The zero-order valence-corrected chi connectivity index (χ0v) is 11.6. The molecule has 0 heterocycles. The number of ether oxygens (including phenoxy) is 1. The van der Waals surface area contributed by atoms with Crippen LogP contribution in [0.5, 0.6) is 5.75 Å². The number of nitrogens with two attached hydrogens (primary N) is 1. The number of hydrogen-bond acceptors (Lipinski definition) is 3. The van der Waals surface area contributed by atoms with E-state index in [4.69, 9.17) is 33.7 Å². The van der Waals surface area contributed by atoms with Crippen molar-refractivity contribution in [2.45, 2.75) is 0 Å². The molecule has 0 saturated heterocycles. The van der Waals surface area contributed by atoms with Gasteiger partial charge in [-0.2, -0.15) is 0 Å². The first-order chi connectivity index (χ1) is 9.04. The number of anilines is 1. The van der Waals surface area contributed by atoms with Crippen molar-refractivity contribution in [1.29, 1.82) is 0 Å². The second-order valence-corrected chi connectivity index (χ2v) is 4.67. The first kappa shape index (κ1) is 13.7. The van der Waals surface area contributed by atoms with E-state index < -0.39 is 0 Å². The van der Waals surface area contributed by atoms with E-state index in [-0.39, 0.29) is 10.8 Å². The summed E-state index contributed by atoms with van der Waals surface area (Å²) in [5.41, 5.74) is 6.87. The van der Waals surface area contributed by atoms with Crippen molar-refractivity contribution in [2.75, 3.05) is 12.8 Å².